The molecule has 3 nitrogen and oxygen atoms in total. The Morgan fingerprint density at radius 1 is 1.09 bits per heavy atom. The lowest BCUT2D eigenvalue weighted by Crippen LogP contribution is -2.17. The summed E-state index contributed by atoms with van der Waals surface area (Å²) >= 11 is 0. The average Bonchev–Trinajstić information content (AvgIpc) is 2.47. The van der Waals surface area contributed by atoms with E-state index < -0.39 is 0 Å². The third kappa shape index (κ3) is 6.25. The Hall–Kier alpha value is -1.90. The summed E-state index contributed by atoms with van der Waals surface area (Å²) in [7, 11) is 0. The third-order valence-corrected chi connectivity index (χ3v) is 3.83. The molecule has 0 saturated carbocycles. The van der Waals surface area contributed by atoms with Crippen LogP contribution in [0.1, 0.15) is 50.4 Å². The van der Waals surface area contributed by atoms with E-state index >= 15 is 0 Å². The van der Waals surface area contributed by atoms with E-state index in [0.717, 1.165) is 30.4 Å². The van der Waals surface area contributed by atoms with E-state index in [1.165, 1.54) is 6.92 Å². The van der Waals surface area contributed by atoms with Crippen LogP contribution in [-0.2, 0) is 9.53 Å². The number of benzene rings is 1. The van der Waals surface area contributed by atoms with Crippen LogP contribution < -0.4 is 0 Å². The number of esters is 1. The molecule has 22 heavy (non-hydrogen) atoms. The summed E-state index contributed by atoms with van der Waals surface area (Å²) in [6, 6.07) is 9.36. The van der Waals surface area contributed by atoms with Crippen LogP contribution in [0.15, 0.2) is 42.5 Å². The van der Waals surface area contributed by atoms with E-state index in [9.17, 15) is 9.59 Å². The van der Waals surface area contributed by atoms with Gasteiger partial charge in [-0.15, -0.1) is 0 Å². The van der Waals surface area contributed by atoms with Crippen LogP contribution in [0.25, 0.3) is 0 Å². The van der Waals surface area contributed by atoms with Gasteiger partial charge in [0, 0.05) is 18.4 Å². The van der Waals surface area contributed by atoms with Gasteiger partial charge in [-0.2, -0.15) is 0 Å². The van der Waals surface area contributed by atoms with Crippen LogP contribution in [0.4, 0.5) is 0 Å². The zero-order valence-corrected chi connectivity index (χ0v) is 13.8. The molecule has 0 fully saturated rings. The van der Waals surface area contributed by atoms with Crippen LogP contribution in [0.5, 0.6) is 0 Å². The monoisotopic (exact) mass is 302 g/mol. The van der Waals surface area contributed by atoms with Crippen molar-refractivity contribution in [1.29, 1.82) is 0 Å². The standard InChI is InChI=1S/C19H26O3/c1-14(2)18(19(21)17-8-6-5-7-9-17)11-10-15(3)12-13-22-16(4)20/h5-9,15,18H,1,10-13H2,2-4H3. The van der Waals surface area contributed by atoms with Crippen molar-refractivity contribution in [2.24, 2.45) is 11.8 Å². The summed E-state index contributed by atoms with van der Waals surface area (Å²) in [4.78, 5) is 23.3. The number of ether oxygens (including phenoxy) is 1. The van der Waals surface area contributed by atoms with Crippen molar-refractivity contribution in [1.82, 2.24) is 0 Å². The van der Waals surface area contributed by atoms with Gasteiger partial charge in [-0.1, -0.05) is 49.4 Å². The molecule has 1 aromatic rings. The topological polar surface area (TPSA) is 43.4 Å². The number of rotatable bonds is 9. The zero-order chi connectivity index (χ0) is 16.5. The number of carbonyl (C=O) groups is 2. The van der Waals surface area contributed by atoms with Gasteiger partial charge in [0.25, 0.3) is 0 Å². The average molecular weight is 302 g/mol. The van der Waals surface area contributed by atoms with Crippen molar-refractivity contribution in [3.05, 3.63) is 48.0 Å². The molecule has 1 aromatic carbocycles. The molecule has 0 radical (unpaired) electrons. The van der Waals surface area contributed by atoms with E-state index in [4.69, 9.17) is 4.74 Å². The highest BCUT2D eigenvalue weighted by Gasteiger charge is 2.21. The third-order valence-electron chi connectivity index (χ3n) is 3.83. The molecular weight excluding hydrogens is 276 g/mol. The minimum Gasteiger partial charge on any atom is -0.466 e. The van der Waals surface area contributed by atoms with Crippen LogP contribution in [-0.4, -0.2) is 18.4 Å². The minimum atomic E-state index is -0.244. The zero-order valence-electron chi connectivity index (χ0n) is 13.8. The second-order valence-corrected chi connectivity index (χ2v) is 5.94. The van der Waals surface area contributed by atoms with Gasteiger partial charge in [0.15, 0.2) is 5.78 Å². The Balaban J connectivity index is 2.53. The molecule has 0 heterocycles. The first-order valence-electron chi connectivity index (χ1n) is 7.79. The lowest BCUT2D eigenvalue weighted by Gasteiger charge is -2.18. The Bertz CT molecular complexity index is 505. The fourth-order valence-corrected chi connectivity index (χ4v) is 2.40. The van der Waals surface area contributed by atoms with Gasteiger partial charge in [0.05, 0.1) is 6.61 Å². The predicted octanol–water partition coefficient (Wildman–Crippen LogP) is 4.43. The number of allylic oxidation sites excluding steroid dienone is 1. The summed E-state index contributed by atoms with van der Waals surface area (Å²) in [6.07, 6.45) is 2.52. The number of ketones is 1. The molecule has 1 rings (SSSR count). The molecular formula is C19H26O3. The van der Waals surface area contributed by atoms with E-state index in [-0.39, 0.29) is 17.7 Å². The molecule has 0 N–H and O–H groups in total. The summed E-state index contributed by atoms with van der Waals surface area (Å²) in [5, 5.41) is 0. The summed E-state index contributed by atoms with van der Waals surface area (Å²) in [5.41, 5.74) is 1.64. The Kier molecular flexibility index (Phi) is 7.58. The molecule has 3 heteroatoms. The quantitative estimate of drug-likeness (QED) is 0.385. The van der Waals surface area contributed by atoms with Crippen LogP contribution >= 0.6 is 0 Å². The van der Waals surface area contributed by atoms with Gasteiger partial charge >= 0.3 is 5.97 Å². The van der Waals surface area contributed by atoms with Crippen molar-refractivity contribution >= 4 is 11.8 Å². The number of Topliss-reactive ketones (excluding diaryl/α,β-unsaturated/α-hetero) is 1. The summed E-state index contributed by atoms with van der Waals surface area (Å²) in [5.74, 6) is 0.162. The lowest BCUT2D eigenvalue weighted by molar-refractivity contribution is -0.141. The molecule has 2 unspecified atom stereocenters. The van der Waals surface area contributed by atoms with Crippen LogP contribution in [0.3, 0.4) is 0 Å². The van der Waals surface area contributed by atoms with Crippen molar-refractivity contribution in [3.8, 4) is 0 Å². The van der Waals surface area contributed by atoms with Gasteiger partial charge in [-0.3, -0.25) is 9.59 Å². The van der Waals surface area contributed by atoms with Crippen molar-refractivity contribution in [2.45, 2.75) is 40.0 Å². The highest BCUT2D eigenvalue weighted by molar-refractivity contribution is 5.99. The molecule has 0 aliphatic carbocycles. The van der Waals surface area contributed by atoms with Crippen molar-refractivity contribution in [3.63, 3.8) is 0 Å². The molecule has 0 aliphatic rings. The van der Waals surface area contributed by atoms with Gasteiger partial charge < -0.3 is 4.74 Å². The van der Waals surface area contributed by atoms with Crippen molar-refractivity contribution in [2.75, 3.05) is 6.61 Å². The Labute approximate surface area is 133 Å². The molecule has 0 bridgehead atoms. The van der Waals surface area contributed by atoms with Crippen molar-refractivity contribution < 1.29 is 14.3 Å². The molecule has 0 spiro atoms. The normalized spacial score (nSPS) is 13.2. The number of hydrogen-bond donors (Lipinski definition) is 0. The number of hydrogen-bond acceptors (Lipinski definition) is 3. The second kappa shape index (κ2) is 9.19. The SMILES string of the molecule is C=C(C)C(CCC(C)CCOC(C)=O)C(=O)c1ccccc1. The van der Waals surface area contributed by atoms with Crippen LogP contribution in [0, 0.1) is 11.8 Å². The second-order valence-electron chi connectivity index (χ2n) is 5.94. The smallest absolute Gasteiger partial charge is 0.302 e. The predicted molar refractivity (Wildman–Crippen MR) is 88.7 cm³/mol. The minimum absolute atomic E-state index is 0.139. The highest BCUT2D eigenvalue weighted by atomic mass is 16.5. The van der Waals surface area contributed by atoms with Gasteiger partial charge in [-0.05, 0) is 32.1 Å². The van der Waals surface area contributed by atoms with Crippen LogP contribution in [0.2, 0.25) is 0 Å². The summed E-state index contributed by atoms with van der Waals surface area (Å²) < 4.78 is 4.96. The first-order chi connectivity index (χ1) is 10.4. The molecule has 0 aliphatic heterocycles. The van der Waals surface area contributed by atoms with E-state index in [1.807, 2.05) is 37.3 Å². The van der Waals surface area contributed by atoms with Gasteiger partial charge in [0.2, 0.25) is 0 Å². The molecule has 2 atom stereocenters. The van der Waals surface area contributed by atoms with E-state index in [2.05, 4.69) is 13.5 Å². The number of carbonyl (C=O) groups excluding carboxylic acids is 2. The lowest BCUT2D eigenvalue weighted by atomic mass is 9.85. The Morgan fingerprint density at radius 3 is 2.27 bits per heavy atom. The molecule has 120 valence electrons. The molecule has 0 aromatic heterocycles. The first-order valence-corrected chi connectivity index (χ1v) is 7.79. The maximum Gasteiger partial charge on any atom is 0.302 e. The van der Waals surface area contributed by atoms with Gasteiger partial charge in [0.1, 0.15) is 0 Å². The Morgan fingerprint density at radius 2 is 1.73 bits per heavy atom. The van der Waals surface area contributed by atoms with E-state index in [0.29, 0.717) is 12.5 Å². The molecule has 0 saturated heterocycles. The van der Waals surface area contributed by atoms with E-state index in [1.54, 1.807) is 0 Å². The largest absolute Gasteiger partial charge is 0.466 e. The van der Waals surface area contributed by atoms with Gasteiger partial charge in [-0.25, -0.2) is 0 Å². The summed E-state index contributed by atoms with van der Waals surface area (Å²) in [6.45, 7) is 9.87. The maximum absolute atomic E-state index is 12.6. The highest BCUT2D eigenvalue weighted by Crippen LogP contribution is 2.24. The fraction of sp³-hybridized carbons (Fsp3) is 0.474. The fourth-order valence-electron chi connectivity index (χ4n) is 2.40. The molecule has 0 amide bonds. The maximum atomic E-state index is 12.6. The first kappa shape index (κ1) is 18.1.